The lowest BCUT2D eigenvalue weighted by atomic mass is 9.94. The molecule has 0 heterocycles. The molecular formula is C25H47NO4S. The Morgan fingerprint density at radius 3 is 1.65 bits per heavy atom. The number of aliphatic carboxylic acids is 1. The predicted octanol–water partition coefficient (Wildman–Crippen LogP) is 6.60. The third kappa shape index (κ3) is 19.4. The third-order valence-electron chi connectivity index (χ3n) is 5.89. The van der Waals surface area contributed by atoms with Crippen molar-refractivity contribution in [3.63, 3.8) is 0 Å². The standard InChI is InChI=1S/C25H47NO4S/c1-2-3-4-5-6-7-8-9-10-11-12-13-14-15-16-17-18-22(24(27)28)21-23(26)25(29)30-19-20-31/h20,22-23H,2-19,21,26H2,1H3,(H,27,28)/t22?,23-/m0/s1. The van der Waals surface area contributed by atoms with E-state index in [1.807, 2.05) is 0 Å². The smallest absolute Gasteiger partial charge is 0.323 e. The maximum Gasteiger partial charge on any atom is 0.323 e. The zero-order valence-electron chi connectivity index (χ0n) is 19.8. The van der Waals surface area contributed by atoms with Crippen LogP contribution in [0.2, 0.25) is 0 Å². The highest BCUT2D eigenvalue weighted by molar-refractivity contribution is 7.79. The monoisotopic (exact) mass is 457 g/mol. The van der Waals surface area contributed by atoms with Crippen molar-refractivity contribution >= 4 is 29.5 Å². The molecule has 0 spiro atoms. The van der Waals surface area contributed by atoms with Crippen molar-refractivity contribution in [3.05, 3.63) is 0 Å². The summed E-state index contributed by atoms with van der Waals surface area (Å²) in [6.07, 6.45) is 21.3. The second kappa shape index (κ2) is 22.2. The SMILES string of the molecule is CCCCCCCCCCCCCCCCCCC(C[C@H](N)C(=O)OCC=S)C(=O)O. The largest absolute Gasteiger partial charge is 0.481 e. The summed E-state index contributed by atoms with van der Waals surface area (Å²) in [6.45, 7) is 2.29. The number of unbranched alkanes of at least 4 members (excludes halogenated alkanes) is 15. The van der Waals surface area contributed by atoms with E-state index in [-0.39, 0.29) is 13.0 Å². The number of carboxylic acids is 1. The van der Waals surface area contributed by atoms with Gasteiger partial charge in [-0.1, -0.05) is 122 Å². The minimum absolute atomic E-state index is 0.0265. The van der Waals surface area contributed by atoms with Gasteiger partial charge in [-0.3, -0.25) is 9.59 Å². The minimum atomic E-state index is -0.905. The van der Waals surface area contributed by atoms with Gasteiger partial charge in [-0.25, -0.2) is 0 Å². The maximum atomic E-state index is 11.7. The van der Waals surface area contributed by atoms with Crippen LogP contribution in [-0.2, 0) is 14.3 Å². The van der Waals surface area contributed by atoms with Crippen molar-refractivity contribution in [2.45, 2.75) is 129 Å². The Labute approximate surface area is 195 Å². The van der Waals surface area contributed by atoms with E-state index < -0.39 is 23.9 Å². The van der Waals surface area contributed by atoms with Crippen LogP contribution in [0.1, 0.15) is 122 Å². The van der Waals surface area contributed by atoms with Crippen LogP contribution in [0.3, 0.4) is 0 Å². The molecule has 0 saturated heterocycles. The lowest BCUT2D eigenvalue weighted by Crippen LogP contribution is -2.36. The first-order valence-electron chi connectivity index (χ1n) is 12.6. The van der Waals surface area contributed by atoms with Crippen molar-refractivity contribution in [1.29, 1.82) is 0 Å². The summed E-state index contributed by atoms with van der Waals surface area (Å²) < 4.78 is 4.85. The lowest BCUT2D eigenvalue weighted by molar-refractivity contribution is -0.146. The molecule has 0 fully saturated rings. The first-order chi connectivity index (χ1) is 15.0. The van der Waals surface area contributed by atoms with Crippen molar-refractivity contribution in [2.24, 2.45) is 11.7 Å². The van der Waals surface area contributed by atoms with Crippen molar-refractivity contribution in [3.8, 4) is 0 Å². The topological polar surface area (TPSA) is 89.6 Å². The molecule has 0 aromatic carbocycles. The van der Waals surface area contributed by atoms with E-state index in [0.29, 0.717) is 6.42 Å². The summed E-state index contributed by atoms with van der Waals surface area (Å²) in [7, 11) is 0. The quantitative estimate of drug-likeness (QED) is 0.102. The number of hydrogen-bond donors (Lipinski definition) is 2. The molecule has 0 saturated carbocycles. The van der Waals surface area contributed by atoms with Crippen LogP contribution in [0.4, 0.5) is 0 Å². The average Bonchev–Trinajstić information content (AvgIpc) is 2.75. The summed E-state index contributed by atoms with van der Waals surface area (Å²) in [4.78, 5) is 23.1. The molecule has 0 rings (SSSR count). The summed E-state index contributed by atoms with van der Waals surface area (Å²) in [5, 5.41) is 10.7. The average molecular weight is 458 g/mol. The molecule has 6 heteroatoms. The summed E-state index contributed by atoms with van der Waals surface area (Å²) in [5.74, 6) is -2.07. The van der Waals surface area contributed by atoms with Crippen LogP contribution in [0.25, 0.3) is 0 Å². The number of carbonyl (C=O) groups excluding carboxylic acids is 1. The number of thiocarbonyl (C=S) groups is 1. The molecule has 31 heavy (non-hydrogen) atoms. The Hall–Kier alpha value is -1.01. The van der Waals surface area contributed by atoms with E-state index in [2.05, 4.69) is 19.1 Å². The van der Waals surface area contributed by atoms with Gasteiger partial charge in [0.2, 0.25) is 0 Å². The summed E-state index contributed by atoms with van der Waals surface area (Å²) >= 11 is 4.60. The Balaban J connectivity index is 3.57. The molecule has 2 atom stereocenters. The van der Waals surface area contributed by atoms with Crippen molar-refractivity contribution in [2.75, 3.05) is 6.61 Å². The van der Waals surface area contributed by atoms with Gasteiger partial charge in [0.05, 0.1) is 5.92 Å². The number of carbonyl (C=O) groups is 2. The third-order valence-corrected chi connectivity index (χ3v) is 6.03. The van der Waals surface area contributed by atoms with Crippen molar-refractivity contribution in [1.82, 2.24) is 0 Å². The van der Waals surface area contributed by atoms with Gasteiger partial charge in [-0.2, -0.15) is 0 Å². The fourth-order valence-electron chi connectivity index (χ4n) is 3.91. The van der Waals surface area contributed by atoms with Crippen LogP contribution < -0.4 is 5.73 Å². The normalized spacial score (nSPS) is 13.0. The second-order valence-electron chi connectivity index (χ2n) is 8.77. The fraction of sp³-hybridized carbons (Fsp3) is 0.880. The summed E-state index contributed by atoms with van der Waals surface area (Å²) in [5.41, 5.74) is 5.77. The highest BCUT2D eigenvalue weighted by Gasteiger charge is 2.25. The van der Waals surface area contributed by atoms with Gasteiger partial charge in [0.1, 0.15) is 12.6 Å². The molecule has 0 aromatic heterocycles. The number of hydrogen-bond acceptors (Lipinski definition) is 5. The molecule has 1 unspecified atom stereocenters. The Kier molecular flexibility index (Phi) is 21.5. The molecule has 0 aliphatic carbocycles. The fourth-order valence-corrected chi connectivity index (χ4v) is 3.97. The number of rotatable bonds is 23. The van der Waals surface area contributed by atoms with Gasteiger partial charge in [-0.15, -0.1) is 0 Å². The zero-order chi connectivity index (χ0) is 23.2. The lowest BCUT2D eigenvalue weighted by Gasteiger charge is -2.16. The van der Waals surface area contributed by atoms with Gasteiger partial charge >= 0.3 is 11.9 Å². The molecule has 3 N–H and O–H groups in total. The van der Waals surface area contributed by atoms with Crippen LogP contribution in [0.5, 0.6) is 0 Å². The summed E-state index contributed by atoms with van der Waals surface area (Å²) in [6, 6.07) is -0.905. The van der Waals surface area contributed by atoms with Gasteiger partial charge in [0, 0.05) is 5.37 Å². The molecule has 182 valence electrons. The highest BCUT2D eigenvalue weighted by Crippen LogP contribution is 2.18. The van der Waals surface area contributed by atoms with Gasteiger partial charge < -0.3 is 15.6 Å². The first kappa shape index (κ1) is 30.0. The Morgan fingerprint density at radius 2 is 1.26 bits per heavy atom. The number of carboxylic acid groups (broad SMARTS) is 1. The Morgan fingerprint density at radius 1 is 0.839 bits per heavy atom. The molecule has 0 radical (unpaired) electrons. The number of esters is 1. The number of nitrogens with two attached hydrogens (primary N) is 1. The maximum absolute atomic E-state index is 11.7. The van der Waals surface area contributed by atoms with Gasteiger partial charge in [0.15, 0.2) is 0 Å². The van der Waals surface area contributed by atoms with Crippen molar-refractivity contribution < 1.29 is 19.4 Å². The van der Waals surface area contributed by atoms with E-state index in [1.54, 1.807) is 0 Å². The van der Waals surface area contributed by atoms with E-state index in [4.69, 9.17) is 10.5 Å². The number of ether oxygens (including phenoxy) is 1. The van der Waals surface area contributed by atoms with E-state index in [1.165, 1.54) is 88.8 Å². The zero-order valence-corrected chi connectivity index (χ0v) is 20.6. The molecule has 0 aliphatic heterocycles. The van der Waals surface area contributed by atoms with Crippen LogP contribution in [0.15, 0.2) is 0 Å². The molecule has 0 aliphatic rings. The van der Waals surface area contributed by atoms with E-state index >= 15 is 0 Å². The molecule has 0 bridgehead atoms. The second-order valence-corrected chi connectivity index (χ2v) is 9.10. The van der Waals surface area contributed by atoms with Crippen LogP contribution in [0, 0.1) is 5.92 Å². The minimum Gasteiger partial charge on any atom is -0.481 e. The van der Waals surface area contributed by atoms with E-state index in [9.17, 15) is 14.7 Å². The van der Waals surface area contributed by atoms with E-state index in [0.717, 1.165) is 19.3 Å². The van der Waals surface area contributed by atoms with Gasteiger partial charge in [0.25, 0.3) is 0 Å². The van der Waals surface area contributed by atoms with Crippen LogP contribution >= 0.6 is 12.2 Å². The predicted molar refractivity (Wildman–Crippen MR) is 132 cm³/mol. The molecule has 0 aromatic rings. The Bertz CT molecular complexity index is 459. The molecular weight excluding hydrogens is 410 g/mol. The molecule has 0 amide bonds. The highest BCUT2D eigenvalue weighted by atomic mass is 32.1. The molecule has 5 nitrogen and oxygen atoms in total. The van der Waals surface area contributed by atoms with Gasteiger partial charge in [-0.05, 0) is 12.8 Å². The first-order valence-corrected chi connectivity index (χ1v) is 13.1. The van der Waals surface area contributed by atoms with Crippen LogP contribution in [-0.4, -0.2) is 35.1 Å².